The maximum absolute atomic E-state index is 12.8. The lowest BCUT2D eigenvalue weighted by Gasteiger charge is -2.20. The Morgan fingerprint density at radius 1 is 1.09 bits per heavy atom. The van der Waals surface area contributed by atoms with Crippen molar-refractivity contribution in [1.82, 2.24) is 4.57 Å². The highest BCUT2D eigenvalue weighted by atomic mass is 16.4. The number of para-hydroxylation sites is 1. The number of carbonyl (C=O) groups is 1. The summed E-state index contributed by atoms with van der Waals surface area (Å²) in [5.74, 6) is -1.08. The summed E-state index contributed by atoms with van der Waals surface area (Å²) in [6.07, 6.45) is 2.41. The van der Waals surface area contributed by atoms with Crippen LogP contribution in [0.4, 0.5) is 5.69 Å². The third-order valence-corrected chi connectivity index (χ3v) is 5.81. The molecule has 0 saturated heterocycles. The number of anilines is 1. The van der Waals surface area contributed by atoms with Gasteiger partial charge in [-0.15, -0.1) is 0 Å². The molecule has 0 aliphatic carbocycles. The molecule has 1 N–H and O–H groups in total. The third-order valence-electron chi connectivity index (χ3n) is 5.81. The number of aromatic hydroxyl groups is 1. The van der Waals surface area contributed by atoms with E-state index in [4.69, 9.17) is 4.42 Å². The van der Waals surface area contributed by atoms with Crippen LogP contribution in [0.3, 0.4) is 0 Å². The molecule has 2 aromatic carbocycles. The largest absolute Gasteiger partial charge is 0.506 e. The van der Waals surface area contributed by atoms with Gasteiger partial charge in [-0.25, -0.2) is 4.79 Å². The van der Waals surface area contributed by atoms with Gasteiger partial charge in [0.15, 0.2) is 5.78 Å². The van der Waals surface area contributed by atoms with Gasteiger partial charge in [0.25, 0.3) is 5.56 Å². The maximum Gasteiger partial charge on any atom is 0.343 e. The van der Waals surface area contributed by atoms with Crippen molar-refractivity contribution < 1.29 is 14.3 Å². The van der Waals surface area contributed by atoms with Gasteiger partial charge in [-0.2, -0.15) is 0 Å². The number of aryl methyl sites for hydroxylation is 1. The second-order valence-electron chi connectivity index (χ2n) is 7.69. The number of ketones is 1. The molecule has 0 fully saturated rings. The topological polar surface area (TPSA) is 92.8 Å². The van der Waals surface area contributed by atoms with Gasteiger partial charge in [0.05, 0.1) is 11.1 Å². The molecule has 0 bridgehead atoms. The van der Waals surface area contributed by atoms with Gasteiger partial charge >= 0.3 is 5.63 Å². The van der Waals surface area contributed by atoms with Crippen LogP contribution in [0.2, 0.25) is 0 Å². The highest BCUT2D eigenvalue weighted by molar-refractivity contribution is 6.11. The van der Waals surface area contributed by atoms with Gasteiger partial charge in [0.2, 0.25) is 0 Å². The summed E-state index contributed by atoms with van der Waals surface area (Å²) in [6, 6.07) is 14.0. The zero-order chi connectivity index (χ0) is 23.7. The second kappa shape index (κ2) is 8.78. The standard InChI is InChI=1S/C26H24N2O5/c1-4-28(5-2)18-12-10-16-14-17(26(32)33-22(16)15-18)11-13-21(29)23-24(30)19-8-6-7-9-20(19)27(3)25(23)31/h6-15,30H,4-5H2,1-3H3. The number of rotatable bonds is 6. The summed E-state index contributed by atoms with van der Waals surface area (Å²) in [4.78, 5) is 40.2. The minimum atomic E-state index is -0.699. The Bertz CT molecular complexity index is 1520. The van der Waals surface area contributed by atoms with Gasteiger partial charge in [0.1, 0.15) is 16.9 Å². The summed E-state index contributed by atoms with van der Waals surface area (Å²) in [6.45, 7) is 5.76. The number of aromatic nitrogens is 1. The van der Waals surface area contributed by atoms with E-state index in [0.29, 0.717) is 21.9 Å². The molecule has 4 aromatic rings. The van der Waals surface area contributed by atoms with Crippen molar-refractivity contribution in [3.8, 4) is 5.75 Å². The number of nitrogens with zero attached hydrogens (tertiary/aromatic N) is 2. The Kier molecular flexibility index (Phi) is 5.87. The lowest BCUT2D eigenvalue weighted by Crippen LogP contribution is -2.24. The summed E-state index contributed by atoms with van der Waals surface area (Å²) in [5, 5.41) is 11.7. The molecule has 0 saturated carbocycles. The molecule has 168 valence electrons. The SMILES string of the molecule is CCN(CC)c1ccc2cc(C=CC(=O)c3c(O)c4ccccc4n(C)c3=O)c(=O)oc2c1. The summed E-state index contributed by atoms with van der Waals surface area (Å²) in [7, 11) is 1.54. The average Bonchev–Trinajstić information content (AvgIpc) is 2.82. The number of hydrogen-bond donors (Lipinski definition) is 1. The lowest BCUT2D eigenvalue weighted by molar-refractivity contribution is 0.104. The van der Waals surface area contributed by atoms with Gasteiger partial charge in [-0.05, 0) is 56.3 Å². The second-order valence-corrected chi connectivity index (χ2v) is 7.69. The molecule has 7 heteroatoms. The monoisotopic (exact) mass is 444 g/mol. The lowest BCUT2D eigenvalue weighted by atomic mass is 10.1. The van der Waals surface area contributed by atoms with Crippen LogP contribution in [0.5, 0.6) is 5.75 Å². The Hall–Kier alpha value is -4.13. The zero-order valence-electron chi connectivity index (χ0n) is 18.7. The van der Waals surface area contributed by atoms with Crippen LogP contribution in [0.25, 0.3) is 27.9 Å². The first-order valence-electron chi connectivity index (χ1n) is 10.7. The van der Waals surface area contributed by atoms with Crippen LogP contribution >= 0.6 is 0 Å². The van der Waals surface area contributed by atoms with E-state index in [1.54, 1.807) is 30.3 Å². The van der Waals surface area contributed by atoms with Crippen molar-refractivity contribution in [3.05, 3.63) is 86.5 Å². The van der Waals surface area contributed by atoms with Crippen molar-refractivity contribution in [2.24, 2.45) is 7.05 Å². The van der Waals surface area contributed by atoms with E-state index in [1.807, 2.05) is 18.2 Å². The fourth-order valence-electron chi connectivity index (χ4n) is 3.97. The molecule has 0 unspecified atom stereocenters. The average molecular weight is 444 g/mol. The number of pyridine rings is 1. The number of carbonyl (C=O) groups excluding carboxylic acids is 1. The van der Waals surface area contributed by atoms with Crippen LogP contribution in [-0.4, -0.2) is 28.5 Å². The first kappa shape index (κ1) is 22.1. The summed E-state index contributed by atoms with van der Waals surface area (Å²) < 4.78 is 6.79. The quantitative estimate of drug-likeness (QED) is 0.274. The molecular formula is C26H24N2O5. The van der Waals surface area contributed by atoms with Gasteiger partial charge in [0, 0.05) is 42.7 Å². The molecule has 33 heavy (non-hydrogen) atoms. The molecule has 4 rings (SSSR count). The Labute approximate surface area is 189 Å². The first-order chi connectivity index (χ1) is 15.8. The van der Waals surface area contributed by atoms with Gasteiger partial charge in [-0.1, -0.05) is 12.1 Å². The van der Waals surface area contributed by atoms with Gasteiger partial charge in [-0.3, -0.25) is 9.59 Å². The first-order valence-corrected chi connectivity index (χ1v) is 10.7. The smallest absolute Gasteiger partial charge is 0.343 e. The van der Waals surface area contributed by atoms with Gasteiger partial charge < -0.3 is 19.0 Å². The van der Waals surface area contributed by atoms with Crippen molar-refractivity contribution in [2.75, 3.05) is 18.0 Å². The van der Waals surface area contributed by atoms with E-state index >= 15 is 0 Å². The van der Waals surface area contributed by atoms with Crippen molar-refractivity contribution in [3.63, 3.8) is 0 Å². The molecule has 0 aliphatic rings. The Balaban J connectivity index is 1.72. The molecule has 0 radical (unpaired) electrons. The number of benzene rings is 2. The molecule has 0 aliphatic heterocycles. The van der Waals surface area contributed by atoms with E-state index in [1.165, 1.54) is 17.7 Å². The molecule has 0 atom stereocenters. The fourth-order valence-corrected chi connectivity index (χ4v) is 3.97. The van der Waals surface area contributed by atoms with E-state index < -0.39 is 17.0 Å². The molecule has 7 nitrogen and oxygen atoms in total. The van der Waals surface area contributed by atoms with Crippen LogP contribution in [0, 0.1) is 0 Å². The Morgan fingerprint density at radius 2 is 1.82 bits per heavy atom. The van der Waals surface area contributed by atoms with E-state index in [0.717, 1.165) is 24.9 Å². The van der Waals surface area contributed by atoms with Crippen LogP contribution in [0.1, 0.15) is 29.8 Å². The van der Waals surface area contributed by atoms with E-state index in [-0.39, 0.29) is 16.9 Å². The fraction of sp³-hybridized carbons (Fsp3) is 0.192. The zero-order valence-corrected chi connectivity index (χ0v) is 18.7. The molecule has 0 amide bonds. The van der Waals surface area contributed by atoms with Crippen molar-refractivity contribution >= 4 is 39.4 Å². The third kappa shape index (κ3) is 3.93. The predicted octanol–water partition coefficient (Wildman–Crippen LogP) is 4.09. The number of allylic oxidation sites excluding steroid dienone is 1. The number of fused-ring (bicyclic) bond motifs is 2. The molecule has 0 spiro atoms. The minimum Gasteiger partial charge on any atom is -0.506 e. The highest BCUT2D eigenvalue weighted by Crippen LogP contribution is 2.26. The molecule has 2 heterocycles. The van der Waals surface area contributed by atoms with Crippen LogP contribution < -0.4 is 16.1 Å². The van der Waals surface area contributed by atoms with Crippen LogP contribution in [0.15, 0.2) is 68.6 Å². The van der Waals surface area contributed by atoms with E-state index in [2.05, 4.69) is 18.7 Å². The van der Waals surface area contributed by atoms with E-state index in [9.17, 15) is 19.5 Å². The maximum atomic E-state index is 12.8. The predicted molar refractivity (Wildman–Crippen MR) is 130 cm³/mol. The van der Waals surface area contributed by atoms with Crippen molar-refractivity contribution in [1.29, 1.82) is 0 Å². The summed E-state index contributed by atoms with van der Waals surface area (Å²) in [5.41, 5.74) is 0.532. The minimum absolute atomic E-state index is 0.170. The normalized spacial score (nSPS) is 11.5. The Morgan fingerprint density at radius 3 is 2.55 bits per heavy atom. The van der Waals surface area contributed by atoms with Crippen molar-refractivity contribution in [2.45, 2.75) is 13.8 Å². The summed E-state index contributed by atoms with van der Waals surface area (Å²) >= 11 is 0. The molecule has 2 aromatic heterocycles. The highest BCUT2D eigenvalue weighted by Gasteiger charge is 2.19. The van der Waals surface area contributed by atoms with Crippen LogP contribution in [-0.2, 0) is 7.05 Å². The molecular weight excluding hydrogens is 420 g/mol. The number of hydrogen-bond acceptors (Lipinski definition) is 6.